The van der Waals surface area contributed by atoms with Gasteiger partial charge in [0.2, 0.25) is 0 Å². The first-order chi connectivity index (χ1) is 8.70. The summed E-state index contributed by atoms with van der Waals surface area (Å²) in [5, 5.41) is 18.3. The second-order valence-electron chi connectivity index (χ2n) is 3.25. The van der Waals surface area contributed by atoms with Gasteiger partial charge in [-0.3, -0.25) is 0 Å². The number of aromatic carboxylic acids is 1. The van der Waals surface area contributed by atoms with E-state index in [9.17, 15) is 4.79 Å². The molecular weight excluding hydrogens is 250 g/mol. The maximum atomic E-state index is 10.8. The minimum absolute atomic E-state index is 0.162. The molecule has 0 aliphatic rings. The number of rotatable bonds is 3. The van der Waals surface area contributed by atoms with E-state index in [1.54, 1.807) is 12.1 Å². The summed E-state index contributed by atoms with van der Waals surface area (Å²) in [6.07, 6.45) is 2.96. The topological polar surface area (TPSA) is 86.9 Å². The molecule has 18 heavy (non-hydrogen) atoms. The molecule has 0 amide bonds. The minimum Gasteiger partial charge on any atom is -0.478 e. The Hall–Kier alpha value is -2.39. The summed E-state index contributed by atoms with van der Waals surface area (Å²) in [7, 11) is 0. The van der Waals surface area contributed by atoms with Crippen LogP contribution in [0.2, 0.25) is 0 Å². The third-order valence-electron chi connectivity index (χ3n) is 2.07. The second kappa shape index (κ2) is 5.29. The fraction of sp³-hybridized carbons (Fsp3) is 0. The first-order valence-electron chi connectivity index (χ1n) is 4.93. The van der Waals surface area contributed by atoms with Gasteiger partial charge in [0.15, 0.2) is 5.69 Å². The molecule has 6 heteroatoms. The van der Waals surface area contributed by atoms with Gasteiger partial charge in [0.25, 0.3) is 0 Å². The summed E-state index contributed by atoms with van der Waals surface area (Å²) in [6.45, 7) is 0. The Morgan fingerprint density at radius 3 is 2.89 bits per heavy atom. The Bertz CT molecular complexity index is 637. The quantitative estimate of drug-likeness (QED) is 0.906. The summed E-state index contributed by atoms with van der Waals surface area (Å²) in [6, 6.07) is 8.31. The van der Waals surface area contributed by atoms with Gasteiger partial charge in [0.05, 0.1) is 10.5 Å². The van der Waals surface area contributed by atoms with E-state index in [0.717, 1.165) is 0 Å². The van der Waals surface area contributed by atoms with Crippen molar-refractivity contribution in [3.05, 3.63) is 47.9 Å². The van der Waals surface area contributed by atoms with Crippen LogP contribution in [0.4, 0.5) is 0 Å². The standard InChI is InChI=1S/C12H7N3O2S/c13-7-9-10(2-1-4-14-9)18-11-6-8(12(16)17)3-5-15-11/h1-6H,(H,16,17). The van der Waals surface area contributed by atoms with Gasteiger partial charge >= 0.3 is 5.97 Å². The number of nitrogens with zero attached hydrogens (tertiary/aromatic N) is 3. The highest BCUT2D eigenvalue weighted by atomic mass is 32.2. The van der Waals surface area contributed by atoms with Gasteiger partial charge in [-0.1, -0.05) is 11.8 Å². The van der Waals surface area contributed by atoms with Crippen molar-refractivity contribution in [1.82, 2.24) is 9.97 Å². The van der Waals surface area contributed by atoms with Crippen LogP contribution in [0.5, 0.6) is 0 Å². The first kappa shape index (κ1) is 12.1. The van der Waals surface area contributed by atoms with Gasteiger partial charge in [-0.25, -0.2) is 14.8 Å². The molecule has 0 spiro atoms. The zero-order chi connectivity index (χ0) is 13.0. The average Bonchev–Trinajstić information content (AvgIpc) is 2.39. The lowest BCUT2D eigenvalue weighted by Gasteiger charge is -2.02. The number of nitriles is 1. The number of carbonyl (C=O) groups is 1. The maximum absolute atomic E-state index is 10.8. The molecule has 0 radical (unpaired) electrons. The smallest absolute Gasteiger partial charge is 0.335 e. The molecule has 2 rings (SSSR count). The lowest BCUT2D eigenvalue weighted by atomic mass is 10.3. The number of carboxylic acids is 1. The van der Waals surface area contributed by atoms with E-state index in [-0.39, 0.29) is 5.56 Å². The molecule has 0 unspecified atom stereocenters. The zero-order valence-electron chi connectivity index (χ0n) is 9.07. The van der Waals surface area contributed by atoms with Crippen LogP contribution in [-0.4, -0.2) is 21.0 Å². The van der Waals surface area contributed by atoms with Crippen LogP contribution in [0.25, 0.3) is 0 Å². The van der Waals surface area contributed by atoms with Crippen molar-refractivity contribution in [3.63, 3.8) is 0 Å². The van der Waals surface area contributed by atoms with Crippen molar-refractivity contribution in [2.45, 2.75) is 9.92 Å². The lowest BCUT2D eigenvalue weighted by Crippen LogP contribution is -1.96. The number of pyridine rings is 2. The number of hydrogen-bond acceptors (Lipinski definition) is 5. The third-order valence-corrected chi connectivity index (χ3v) is 3.05. The highest BCUT2D eigenvalue weighted by Gasteiger charge is 2.08. The van der Waals surface area contributed by atoms with Crippen LogP contribution in [-0.2, 0) is 0 Å². The third kappa shape index (κ3) is 2.64. The summed E-state index contributed by atoms with van der Waals surface area (Å²) in [4.78, 5) is 19.5. The van der Waals surface area contributed by atoms with Crippen molar-refractivity contribution >= 4 is 17.7 Å². The van der Waals surface area contributed by atoms with Crippen LogP contribution < -0.4 is 0 Å². The molecular formula is C12H7N3O2S. The molecule has 1 N–H and O–H groups in total. The molecule has 2 aromatic heterocycles. The Kier molecular flexibility index (Phi) is 3.55. The van der Waals surface area contributed by atoms with E-state index < -0.39 is 5.97 Å². The Labute approximate surface area is 107 Å². The van der Waals surface area contributed by atoms with E-state index >= 15 is 0 Å². The van der Waals surface area contributed by atoms with Gasteiger partial charge in [-0.15, -0.1) is 0 Å². The SMILES string of the molecule is N#Cc1ncccc1Sc1cc(C(=O)O)ccn1. The van der Waals surface area contributed by atoms with Crippen molar-refractivity contribution in [2.75, 3.05) is 0 Å². The summed E-state index contributed by atoms with van der Waals surface area (Å²) >= 11 is 1.21. The molecule has 0 bridgehead atoms. The van der Waals surface area contributed by atoms with Gasteiger partial charge in [-0.2, -0.15) is 5.26 Å². The molecule has 0 atom stereocenters. The maximum Gasteiger partial charge on any atom is 0.335 e. The molecule has 2 aromatic rings. The number of aromatic nitrogens is 2. The predicted octanol–water partition coefficient (Wildman–Crippen LogP) is 2.20. The molecule has 0 aromatic carbocycles. The van der Waals surface area contributed by atoms with E-state index in [1.807, 2.05) is 6.07 Å². The van der Waals surface area contributed by atoms with Gasteiger partial charge in [0.1, 0.15) is 11.1 Å². The largest absolute Gasteiger partial charge is 0.478 e. The van der Waals surface area contributed by atoms with Crippen molar-refractivity contribution in [3.8, 4) is 6.07 Å². The van der Waals surface area contributed by atoms with Crippen molar-refractivity contribution in [2.24, 2.45) is 0 Å². The van der Waals surface area contributed by atoms with E-state index in [4.69, 9.17) is 10.4 Å². The molecule has 5 nitrogen and oxygen atoms in total. The van der Waals surface area contributed by atoms with Crippen molar-refractivity contribution in [1.29, 1.82) is 5.26 Å². The Balaban J connectivity index is 2.32. The summed E-state index contributed by atoms with van der Waals surface area (Å²) in [5.41, 5.74) is 0.458. The van der Waals surface area contributed by atoms with E-state index in [1.165, 1.54) is 36.3 Å². The first-order valence-corrected chi connectivity index (χ1v) is 5.74. The number of carboxylic acid groups (broad SMARTS) is 1. The number of hydrogen-bond donors (Lipinski definition) is 1. The normalized spacial score (nSPS) is 9.72. The van der Waals surface area contributed by atoms with E-state index in [0.29, 0.717) is 15.6 Å². The molecule has 0 saturated heterocycles. The highest BCUT2D eigenvalue weighted by Crippen LogP contribution is 2.27. The predicted molar refractivity (Wildman–Crippen MR) is 64.3 cm³/mol. The fourth-order valence-electron chi connectivity index (χ4n) is 1.27. The molecule has 0 aliphatic carbocycles. The second-order valence-corrected chi connectivity index (χ2v) is 4.31. The zero-order valence-corrected chi connectivity index (χ0v) is 9.89. The van der Waals surface area contributed by atoms with Gasteiger partial charge in [0, 0.05) is 12.4 Å². The Morgan fingerprint density at radius 2 is 2.17 bits per heavy atom. The fourth-order valence-corrected chi connectivity index (χ4v) is 2.13. The molecule has 0 fully saturated rings. The van der Waals surface area contributed by atoms with Crippen LogP contribution in [0.1, 0.15) is 16.1 Å². The average molecular weight is 257 g/mol. The molecule has 2 heterocycles. The molecule has 0 saturated carbocycles. The minimum atomic E-state index is -1.01. The van der Waals surface area contributed by atoms with Crippen LogP contribution in [0.15, 0.2) is 46.6 Å². The summed E-state index contributed by atoms with van der Waals surface area (Å²) in [5.74, 6) is -1.01. The van der Waals surface area contributed by atoms with Gasteiger partial charge in [-0.05, 0) is 24.3 Å². The van der Waals surface area contributed by atoms with Crippen LogP contribution in [0, 0.1) is 11.3 Å². The van der Waals surface area contributed by atoms with Crippen LogP contribution >= 0.6 is 11.8 Å². The molecule has 0 aliphatic heterocycles. The van der Waals surface area contributed by atoms with Gasteiger partial charge < -0.3 is 5.11 Å². The lowest BCUT2D eigenvalue weighted by molar-refractivity contribution is 0.0696. The highest BCUT2D eigenvalue weighted by molar-refractivity contribution is 7.99. The molecule has 88 valence electrons. The van der Waals surface area contributed by atoms with Crippen LogP contribution in [0.3, 0.4) is 0 Å². The van der Waals surface area contributed by atoms with E-state index in [2.05, 4.69) is 9.97 Å². The summed E-state index contributed by atoms with van der Waals surface area (Å²) < 4.78 is 0. The van der Waals surface area contributed by atoms with Crippen molar-refractivity contribution < 1.29 is 9.90 Å². The Morgan fingerprint density at radius 1 is 1.33 bits per heavy atom. The monoisotopic (exact) mass is 257 g/mol.